The first-order chi connectivity index (χ1) is 24.0. The van der Waals surface area contributed by atoms with Gasteiger partial charge < -0.3 is 19.8 Å². The first kappa shape index (κ1) is 48.7. The van der Waals surface area contributed by atoms with Gasteiger partial charge in [0, 0.05) is 34.4 Å². The Morgan fingerprint density at radius 2 is 0.827 bits per heavy atom. The van der Waals surface area contributed by atoms with E-state index in [4.69, 9.17) is 34.8 Å². The first-order valence-electron chi connectivity index (χ1n) is 14.4. The maximum Gasteiger partial charge on any atom is 2.00 e. The second-order valence-corrected chi connectivity index (χ2v) is 14.5. The largest absolute Gasteiger partial charge is 2.00 e. The van der Waals surface area contributed by atoms with E-state index in [0.29, 0.717) is 0 Å². The minimum absolute atomic E-state index is 0. The zero-order valence-electron chi connectivity index (χ0n) is 27.6. The molecule has 5 rings (SSSR count). The molecule has 0 unspecified atom stereocenters. The molecule has 0 spiro atoms. The van der Waals surface area contributed by atoms with Crippen molar-refractivity contribution in [3.8, 4) is 0 Å². The number of allylic oxidation sites excluding steroid dienone is 9. The van der Waals surface area contributed by atoms with Gasteiger partial charge in [-0.15, -0.1) is 17.2 Å². The standard InChI is InChI=1S/2C9H11NO4S.3C6H4Cl.Bi/c2*1-7-2-4-8(5-3-7)15(13,14)10-6-9(11)12;3*7-6-4-2-1-3-5-6;/h2*2-5,10H,6H2,1H3,(H,11,12);3*2-5H;/q;;;;;+2/p-2. The second kappa shape index (κ2) is 26.5. The number of aryl methyl sites for hydroxylation is 2. The van der Waals surface area contributed by atoms with Gasteiger partial charge in [0.25, 0.3) is 0 Å². The first-order valence-corrected chi connectivity index (χ1v) is 18.5. The molecule has 6 radical (unpaired) electrons. The molecule has 52 heavy (non-hydrogen) atoms. The molecule has 3 aliphatic rings. The van der Waals surface area contributed by atoms with Crippen molar-refractivity contribution in [3.63, 3.8) is 0 Å². The third-order valence-corrected chi connectivity index (χ3v) is 9.10. The van der Waals surface area contributed by atoms with E-state index >= 15 is 0 Å². The normalized spacial score (nSPS) is 13.4. The van der Waals surface area contributed by atoms with Gasteiger partial charge >= 0.3 is 26.2 Å². The van der Waals surface area contributed by atoms with Crippen LogP contribution in [0.3, 0.4) is 0 Å². The zero-order valence-corrected chi connectivity index (χ0v) is 35.0. The summed E-state index contributed by atoms with van der Waals surface area (Å²) in [7, 11) is -7.49. The van der Waals surface area contributed by atoms with Gasteiger partial charge in [-0.3, -0.25) is 0 Å². The van der Waals surface area contributed by atoms with Crippen LogP contribution in [0.2, 0.25) is 0 Å². The van der Waals surface area contributed by atoms with Crippen molar-refractivity contribution in [2.45, 2.75) is 23.6 Å². The van der Waals surface area contributed by atoms with Crippen molar-refractivity contribution >= 4 is 93.0 Å². The van der Waals surface area contributed by atoms with Crippen LogP contribution < -0.4 is 19.7 Å². The summed E-state index contributed by atoms with van der Waals surface area (Å²) in [4.78, 5) is 20.3. The fourth-order valence-electron chi connectivity index (χ4n) is 3.01. The Hall–Kier alpha value is -3.27. The summed E-state index contributed by atoms with van der Waals surface area (Å²) in [5.41, 5.74) is 10.4. The Morgan fingerprint density at radius 3 is 1.00 bits per heavy atom. The van der Waals surface area contributed by atoms with E-state index in [1.165, 1.54) is 24.3 Å². The van der Waals surface area contributed by atoms with Gasteiger partial charge in [-0.2, -0.15) is 0 Å². The van der Waals surface area contributed by atoms with Gasteiger partial charge in [-0.1, -0.05) is 70.2 Å². The Kier molecular flexibility index (Phi) is 24.8. The summed E-state index contributed by atoms with van der Waals surface area (Å²) in [6.45, 7) is 2.20. The predicted octanol–water partition coefficient (Wildman–Crippen LogP) is 3.78. The molecule has 16 heteroatoms. The van der Waals surface area contributed by atoms with Gasteiger partial charge in [0.1, 0.15) is 0 Å². The molecule has 0 heterocycles. The van der Waals surface area contributed by atoms with E-state index in [2.05, 4.69) is 17.2 Å². The Balaban J connectivity index is 0.000000652. The smallest absolute Gasteiger partial charge is 0.549 e. The summed E-state index contributed by atoms with van der Waals surface area (Å²) < 4.78 is 49.6. The van der Waals surface area contributed by atoms with Gasteiger partial charge in [0.2, 0.25) is 20.0 Å². The number of sulfonamides is 2. The van der Waals surface area contributed by atoms with E-state index < -0.39 is 45.1 Å². The fourth-order valence-corrected chi connectivity index (χ4v) is 5.32. The summed E-state index contributed by atoms with van der Waals surface area (Å²) in [6, 6.07) is 12.2. The molecule has 0 atom stereocenters. The maximum atomic E-state index is 11.4. The molecule has 3 aliphatic carbocycles. The molecule has 0 amide bonds. The Labute approximate surface area is 339 Å². The van der Waals surface area contributed by atoms with E-state index in [9.17, 15) is 36.6 Å². The number of rotatable bonds is 8. The number of carboxylic acids is 2. The van der Waals surface area contributed by atoms with Crippen LogP contribution in [-0.2, 0) is 29.6 Å². The monoisotopic (exact) mass is 998 g/mol. The fraction of sp³-hybridized carbons (Fsp3) is 0.111. The molecule has 0 aliphatic heterocycles. The second-order valence-electron chi connectivity index (χ2n) is 9.67. The van der Waals surface area contributed by atoms with Crippen LogP contribution in [0.5, 0.6) is 0 Å². The quantitative estimate of drug-likeness (QED) is 0.297. The maximum absolute atomic E-state index is 11.4. The molecule has 10 nitrogen and oxygen atoms in total. The molecule has 0 aromatic heterocycles. The summed E-state index contributed by atoms with van der Waals surface area (Å²) in [5.74, 6) is -2.93. The molecule has 0 fully saturated rings. The SMILES string of the molecule is Cc1ccc(S(=O)(=O)NCC(=O)[O-])cc1.Cc1ccc(S(=O)(=O)NCC(=O)[O-])cc1.ClC1=CC=C=C[CH]1.ClC1=CC=C=C[CH]1.ClC1=CC=C=C[CH]1.[Bi+2]. The third-order valence-electron chi connectivity index (χ3n) is 5.51. The molecule has 0 saturated heterocycles. The van der Waals surface area contributed by atoms with Gasteiger partial charge in [-0.05, 0) is 92.8 Å². The van der Waals surface area contributed by atoms with Crippen molar-refractivity contribution in [1.82, 2.24) is 9.44 Å². The average molecular weight is 1000 g/mol. The van der Waals surface area contributed by atoms with Crippen LogP contribution in [0.15, 0.2) is 145 Å². The number of carboxylic acid groups (broad SMARTS) is 2. The molecule has 2 aromatic rings. The molecule has 2 N–H and O–H groups in total. The topological polar surface area (TPSA) is 173 Å². The van der Waals surface area contributed by atoms with E-state index in [0.717, 1.165) is 26.2 Å². The number of hydrogen-bond donors (Lipinski definition) is 2. The zero-order chi connectivity index (χ0) is 38.3. The predicted molar refractivity (Wildman–Crippen MR) is 201 cm³/mol. The van der Waals surface area contributed by atoms with Gasteiger partial charge in [-0.25, -0.2) is 26.3 Å². The Bertz CT molecular complexity index is 1830. The van der Waals surface area contributed by atoms with Crippen molar-refractivity contribution < 1.29 is 36.6 Å². The number of carbonyl (C=O) groups excluding carboxylic acids is 2. The number of nitrogens with one attached hydrogen (secondary N) is 2. The van der Waals surface area contributed by atoms with Crippen LogP contribution in [0, 0.1) is 33.1 Å². The average Bonchev–Trinajstić information content (AvgIpc) is 3.09. The number of halogens is 3. The van der Waals surface area contributed by atoms with Crippen molar-refractivity contribution in [1.29, 1.82) is 0 Å². The van der Waals surface area contributed by atoms with Gasteiger partial charge in [0.05, 0.1) is 34.8 Å². The van der Waals surface area contributed by atoms with E-state index in [1.54, 1.807) is 98.2 Å². The number of hydrogen-bond acceptors (Lipinski definition) is 8. The van der Waals surface area contributed by atoms with Crippen LogP contribution in [0.25, 0.3) is 0 Å². The van der Waals surface area contributed by atoms with Crippen molar-refractivity contribution in [2.24, 2.45) is 0 Å². The number of benzene rings is 2. The van der Waals surface area contributed by atoms with E-state index in [-0.39, 0.29) is 36.0 Å². The van der Waals surface area contributed by atoms with Crippen molar-refractivity contribution in [2.75, 3.05) is 13.1 Å². The molecule has 272 valence electrons. The summed E-state index contributed by atoms with van der Waals surface area (Å²) in [5, 5.41) is 22.5. The molecular formula is C36H32BiCl3N2O8S2. The summed E-state index contributed by atoms with van der Waals surface area (Å²) >= 11 is 16.6. The molecule has 0 saturated carbocycles. The number of aliphatic carboxylic acids is 2. The Morgan fingerprint density at radius 1 is 0.558 bits per heavy atom. The number of carbonyl (C=O) groups is 2. The van der Waals surface area contributed by atoms with Crippen LogP contribution >= 0.6 is 34.8 Å². The molecular weight excluding hydrogens is 968 g/mol. The van der Waals surface area contributed by atoms with Crippen LogP contribution in [0.1, 0.15) is 11.1 Å². The van der Waals surface area contributed by atoms with Crippen LogP contribution in [0.4, 0.5) is 0 Å². The molecule has 2 aromatic carbocycles. The molecule has 0 bridgehead atoms. The minimum atomic E-state index is -3.74. The third kappa shape index (κ3) is 23.3. The van der Waals surface area contributed by atoms with Gasteiger partial charge in [0.15, 0.2) is 0 Å². The van der Waals surface area contributed by atoms with Crippen LogP contribution in [-0.4, -0.2) is 68.1 Å². The summed E-state index contributed by atoms with van der Waals surface area (Å²) in [6.07, 6.45) is 21.4. The van der Waals surface area contributed by atoms with Crippen molar-refractivity contribution in [3.05, 3.63) is 166 Å². The van der Waals surface area contributed by atoms with E-state index in [1.807, 2.05) is 23.3 Å². The minimum Gasteiger partial charge on any atom is -0.549 e.